The molecule has 1 heterocycles. The highest BCUT2D eigenvalue weighted by molar-refractivity contribution is 6.32. The summed E-state index contributed by atoms with van der Waals surface area (Å²) in [6, 6.07) is 22.2. The zero-order valence-corrected chi connectivity index (χ0v) is 14.2. The van der Waals surface area contributed by atoms with Crippen molar-refractivity contribution in [3.63, 3.8) is 0 Å². The predicted octanol–water partition coefficient (Wildman–Crippen LogP) is 4.95. The van der Waals surface area contributed by atoms with Gasteiger partial charge in [0.25, 0.3) is 5.91 Å². The number of nitrogens with zero attached hydrogens (tertiary/aromatic N) is 2. The molecule has 1 aliphatic heterocycles. The van der Waals surface area contributed by atoms with Crippen molar-refractivity contribution in [2.24, 2.45) is 5.10 Å². The van der Waals surface area contributed by atoms with E-state index in [0.717, 1.165) is 27.7 Å². The van der Waals surface area contributed by atoms with Crippen LogP contribution in [0.2, 0.25) is 0 Å². The summed E-state index contributed by atoms with van der Waals surface area (Å²) in [6.07, 6.45) is 1.90. The molecule has 0 aliphatic carbocycles. The monoisotopic (exact) mass is 326 g/mol. The molecule has 0 aromatic heterocycles. The van der Waals surface area contributed by atoms with Crippen molar-refractivity contribution < 1.29 is 4.79 Å². The first-order valence-electron chi connectivity index (χ1n) is 8.29. The lowest BCUT2D eigenvalue weighted by Crippen LogP contribution is -2.21. The minimum Gasteiger partial charge on any atom is -0.267 e. The lowest BCUT2D eigenvalue weighted by atomic mass is 10.1. The Morgan fingerprint density at radius 3 is 2.36 bits per heavy atom. The van der Waals surface area contributed by atoms with Gasteiger partial charge < -0.3 is 0 Å². The number of aryl methyl sites for hydroxylation is 1. The van der Waals surface area contributed by atoms with Crippen LogP contribution in [0.25, 0.3) is 16.8 Å². The topological polar surface area (TPSA) is 32.7 Å². The van der Waals surface area contributed by atoms with Crippen LogP contribution in [0.1, 0.15) is 18.1 Å². The number of amides is 1. The van der Waals surface area contributed by atoms with Crippen molar-refractivity contribution in [2.45, 2.75) is 13.8 Å². The van der Waals surface area contributed by atoms with Crippen LogP contribution in [-0.2, 0) is 4.79 Å². The lowest BCUT2D eigenvalue weighted by molar-refractivity contribution is -0.114. The average Bonchev–Trinajstić information content (AvgIpc) is 2.91. The molecule has 0 unspecified atom stereocenters. The fraction of sp³-hybridized carbons (Fsp3) is 0.0909. The van der Waals surface area contributed by atoms with Gasteiger partial charge in [0.1, 0.15) is 0 Å². The molecule has 4 rings (SSSR count). The van der Waals surface area contributed by atoms with Gasteiger partial charge in [0.2, 0.25) is 0 Å². The molecule has 0 N–H and O–H groups in total. The second-order valence-corrected chi connectivity index (χ2v) is 6.30. The van der Waals surface area contributed by atoms with Crippen molar-refractivity contribution in [3.05, 3.63) is 83.4 Å². The molecule has 0 bridgehead atoms. The quantitative estimate of drug-likeness (QED) is 0.613. The number of fused-ring (bicyclic) bond motifs is 1. The highest BCUT2D eigenvalue weighted by Crippen LogP contribution is 2.28. The molecule has 0 saturated carbocycles. The maximum atomic E-state index is 12.9. The minimum absolute atomic E-state index is 0.0895. The van der Waals surface area contributed by atoms with E-state index in [4.69, 9.17) is 0 Å². The fourth-order valence-electron chi connectivity index (χ4n) is 3.00. The molecule has 3 nitrogen and oxygen atoms in total. The molecule has 1 amide bonds. The predicted molar refractivity (Wildman–Crippen MR) is 104 cm³/mol. The number of hydrogen-bond acceptors (Lipinski definition) is 2. The minimum atomic E-state index is -0.0895. The summed E-state index contributed by atoms with van der Waals surface area (Å²) in [4.78, 5) is 12.9. The van der Waals surface area contributed by atoms with Crippen LogP contribution >= 0.6 is 0 Å². The van der Waals surface area contributed by atoms with Crippen molar-refractivity contribution >= 4 is 34.2 Å². The van der Waals surface area contributed by atoms with E-state index in [1.54, 1.807) is 0 Å². The summed E-state index contributed by atoms with van der Waals surface area (Å²) in [5.41, 5.74) is 4.36. The SMILES string of the molecule is CC1=NN(c2ccc3ccccc3c2)C(=O)C1=Cc1ccc(C)cc1. The molecule has 0 spiro atoms. The van der Waals surface area contributed by atoms with Crippen molar-refractivity contribution in [2.75, 3.05) is 5.01 Å². The Morgan fingerprint density at radius 2 is 1.60 bits per heavy atom. The van der Waals surface area contributed by atoms with Gasteiger partial charge in [0.05, 0.1) is 17.0 Å². The van der Waals surface area contributed by atoms with E-state index >= 15 is 0 Å². The van der Waals surface area contributed by atoms with Crippen molar-refractivity contribution in [3.8, 4) is 0 Å². The summed E-state index contributed by atoms with van der Waals surface area (Å²) < 4.78 is 0. The maximum Gasteiger partial charge on any atom is 0.280 e. The Balaban J connectivity index is 1.70. The molecule has 3 aromatic rings. The number of anilines is 1. The highest BCUT2D eigenvalue weighted by atomic mass is 16.2. The summed E-state index contributed by atoms with van der Waals surface area (Å²) in [7, 11) is 0. The van der Waals surface area contributed by atoms with E-state index in [-0.39, 0.29) is 5.91 Å². The summed E-state index contributed by atoms with van der Waals surface area (Å²) >= 11 is 0. The van der Waals surface area contributed by atoms with Crippen LogP contribution in [0.5, 0.6) is 0 Å². The van der Waals surface area contributed by atoms with Gasteiger partial charge in [-0.2, -0.15) is 10.1 Å². The number of hydrazone groups is 1. The van der Waals surface area contributed by atoms with E-state index < -0.39 is 0 Å². The molecule has 0 fully saturated rings. The van der Waals surface area contributed by atoms with Crippen LogP contribution in [0.4, 0.5) is 5.69 Å². The lowest BCUT2D eigenvalue weighted by Gasteiger charge is -2.12. The first kappa shape index (κ1) is 15.3. The van der Waals surface area contributed by atoms with Crippen LogP contribution in [0.15, 0.2) is 77.4 Å². The number of hydrogen-bond donors (Lipinski definition) is 0. The molecule has 0 atom stereocenters. The Morgan fingerprint density at radius 1 is 0.880 bits per heavy atom. The van der Waals surface area contributed by atoms with Crippen LogP contribution < -0.4 is 5.01 Å². The average molecular weight is 326 g/mol. The molecule has 122 valence electrons. The standard InChI is InChI=1S/C22H18N2O/c1-15-7-9-17(10-8-15)13-21-16(2)23-24(22(21)25)20-12-11-18-5-3-4-6-19(18)14-20/h3-14H,1-2H3. The highest BCUT2D eigenvalue weighted by Gasteiger charge is 2.28. The smallest absolute Gasteiger partial charge is 0.267 e. The van der Waals surface area contributed by atoms with Crippen LogP contribution in [0, 0.1) is 6.92 Å². The first-order chi connectivity index (χ1) is 12.1. The van der Waals surface area contributed by atoms with Crippen molar-refractivity contribution in [1.29, 1.82) is 0 Å². The maximum absolute atomic E-state index is 12.9. The molecule has 0 radical (unpaired) electrons. The normalized spacial score (nSPS) is 15.9. The van der Waals surface area contributed by atoms with E-state index in [9.17, 15) is 4.79 Å². The van der Waals surface area contributed by atoms with Gasteiger partial charge in [0.15, 0.2) is 0 Å². The van der Waals surface area contributed by atoms with E-state index in [0.29, 0.717) is 5.57 Å². The van der Waals surface area contributed by atoms with Gasteiger partial charge >= 0.3 is 0 Å². The second kappa shape index (κ2) is 6.02. The van der Waals surface area contributed by atoms with Gasteiger partial charge in [-0.1, -0.05) is 60.2 Å². The van der Waals surface area contributed by atoms with Gasteiger partial charge in [-0.05, 0) is 48.4 Å². The Bertz CT molecular complexity index is 1030. The van der Waals surface area contributed by atoms with Crippen LogP contribution in [0.3, 0.4) is 0 Å². The molecule has 25 heavy (non-hydrogen) atoms. The third kappa shape index (κ3) is 2.85. The molecular formula is C22H18N2O. The van der Waals surface area contributed by atoms with Gasteiger partial charge in [-0.15, -0.1) is 0 Å². The third-order valence-corrected chi connectivity index (χ3v) is 4.43. The van der Waals surface area contributed by atoms with Gasteiger partial charge in [-0.3, -0.25) is 4.79 Å². The van der Waals surface area contributed by atoms with E-state index in [1.807, 2.05) is 80.6 Å². The summed E-state index contributed by atoms with van der Waals surface area (Å²) in [5, 5.41) is 8.20. The Labute approximate surface area is 146 Å². The largest absolute Gasteiger partial charge is 0.280 e. The van der Waals surface area contributed by atoms with Gasteiger partial charge in [0, 0.05) is 0 Å². The molecule has 1 aliphatic rings. The zero-order valence-electron chi connectivity index (χ0n) is 14.2. The molecule has 3 heteroatoms. The molecule has 0 saturated heterocycles. The summed E-state index contributed by atoms with van der Waals surface area (Å²) in [6.45, 7) is 3.92. The second-order valence-electron chi connectivity index (χ2n) is 6.30. The van der Waals surface area contributed by atoms with Crippen LogP contribution in [-0.4, -0.2) is 11.6 Å². The Kier molecular flexibility index (Phi) is 3.69. The third-order valence-electron chi connectivity index (χ3n) is 4.43. The number of rotatable bonds is 2. The van der Waals surface area contributed by atoms with Gasteiger partial charge in [-0.25, -0.2) is 0 Å². The number of carbonyl (C=O) groups is 1. The summed E-state index contributed by atoms with van der Waals surface area (Å²) in [5.74, 6) is -0.0895. The van der Waals surface area contributed by atoms with E-state index in [1.165, 1.54) is 10.6 Å². The molecule has 3 aromatic carbocycles. The Hall–Kier alpha value is -3.20. The first-order valence-corrected chi connectivity index (χ1v) is 8.29. The number of benzene rings is 3. The fourth-order valence-corrected chi connectivity index (χ4v) is 3.00. The number of carbonyl (C=O) groups excluding carboxylic acids is 1. The zero-order chi connectivity index (χ0) is 17.4. The van der Waals surface area contributed by atoms with Crippen molar-refractivity contribution in [1.82, 2.24) is 0 Å². The molecular weight excluding hydrogens is 308 g/mol. The van der Waals surface area contributed by atoms with E-state index in [2.05, 4.69) is 11.2 Å².